The highest BCUT2D eigenvalue weighted by molar-refractivity contribution is 8.15. The lowest BCUT2D eigenvalue weighted by Crippen LogP contribution is -2.59. The van der Waals surface area contributed by atoms with Crippen LogP contribution in [0.5, 0.6) is 0 Å². The molecule has 0 aromatic heterocycles. The monoisotopic (exact) mass is 398 g/mol. The highest BCUT2D eigenvalue weighted by Crippen LogP contribution is 2.47. The first-order chi connectivity index (χ1) is 12.9. The van der Waals surface area contributed by atoms with Crippen LogP contribution in [0.2, 0.25) is 0 Å². The van der Waals surface area contributed by atoms with Gasteiger partial charge in [0.2, 0.25) is 5.96 Å². The standard InChI is InChI=1S/C17H17F3N4O2S/c1-26-13(25)16(17(18,19)20)21-14(23-9-5-2-6-10-23)24-11-7-3-4-8-12(11)27-15(24)22-16/h3-4,7-8H,2,5-6,9-10H2,1H3. The van der Waals surface area contributed by atoms with Crippen LogP contribution in [0.15, 0.2) is 39.1 Å². The Kier molecular flexibility index (Phi) is 4.32. The molecule has 1 unspecified atom stereocenters. The number of anilines is 1. The van der Waals surface area contributed by atoms with Crippen LogP contribution in [-0.4, -0.2) is 54.0 Å². The molecule has 0 saturated carbocycles. The van der Waals surface area contributed by atoms with E-state index < -0.39 is 17.8 Å². The first-order valence-corrected chi connectivity index (χ1v) is 9.36. The number of hydrogen-bond donors (Lipinski definition) is 0. The van der Waals surface area contributed by atoms with Crippen LogP contribution in [0.3, 0.4) is 0 Å². The van der Waals surface area contributed by atoms with Gasteiger partial charge in [-0.3, -0.25) is 4.90 Å². The molecule has 3 heterocycles. The van der Waals surface area contributed by atoms with E-state index in [-0.39, 0.29) is 11.1 Å². The zero-order valence-electron chi connectivity index (χ0n) is 14.5. The summed E-state index contributed by atoms with van der Waals surface area (Å²) in [5.41, 5.74) is -2.57. The van der Waals surface area contributed by atoms with Crippen molar-refractivity contribution in [3.63, 3.8) is 0 Å². The summed E-state index contributed by atoms with van der Waals surface area (Å²) in [6.45, 7) is 1.15. The van der Waals surface area contributed by atoms with Gasteiger partial charge in [-0.15, -0.1) is 0 Å². The number of fused-ring (bicyclic) bond motifs is 3. The highest BCUT2D eigenvalue weighted by atomic mass is 32.2. The number of esters is 1. The number of nitrogens with zero attached hydrogens (tertiary/aromatic N) is 4. The van der Waals surface area contributed by atoms with Gasteiger partial charge in [0.25, 0.3) is 0 Å². The molecule has 1 atom stereocenters. The minimum atomic E-state index is -5.02. The molecule has 1 aromatic carbocycles. The summed E-state index contributed by atoms with van der Waals surface area (Å²) in [6.07, 6.45) is -2.30. The Morgan fingerprint density at radius 2 is 1.89 bits per heavy atom. The van der Waals surface area contributed by atoms with E-state index in [9.17, 15) is 18.0 Å². The Morgan fingerprint density at radius 3 is 2.56 bits per heavy atom. The fraction of sp³-hybridized carbons (Fsp3) is 0.471. The second kappa shape index (κ2) is 6.43. The number of benzene rings is 1. The van der Waals surface area contributed by atoms with Crippen LogP contribution >= 0.6 is 11.8 Å². The van der Waals surface area contributed by atoms with E-state index in [0.717, 1.165) is 43.0 Å². The first kappa shape index (κ1) is 18.1. The second-order valence-electron chi connectivity index (χ2n) is 6.42. The van der Waals surface area contributed by atoms with Gasteiger partial charge >= 0.3 is 17.8 Å². The molecule has 144 valence electrons. The average Bonchev–Trinajstić information content (AvgIpc) is 3.04. The lowest BCUT2D eigenvalue weighted by atomic mass is 10.1. The fourth-order valence-corrected chi connectivity index (χ4v) is 4.44. The number of likely N-dealkylation sites (tertiary alicyclic amines) is 1. The molecule has 3 aliphatic heterocycles. The molecular formula is C17H17F3N4O2S. The van der Waals surface area contributed by atoms with E-state index in [1.54, 1.807) is 15.9 Å². The molecule has 10 heteroatoms. The predicted octanol–water partition coefficient (Wildman–Crippen LogP) is 3.24. The van der Waals surface area contributed by atoms with E-state index in [4.69, 9.17) is 0 Å². The number of halogens is 3. The summed E-state index contributed by atoms with van der Waals surface area (Å²) >= 11 is 1.09. The van der Waals surface area contributed by atoms with Crippen LogP contribution in [0, 0.1) is 0 Å². The van der Waals surface area contributed by atoms with Crippen molar-refractivity contribution >= 4 is 34.5 Å². The number of thioether (sulfide) groups is 1. The fourth-order valence-electron chi connectivity index (χ4n) is 3.38. The molecular weight excluding hydrogens is 381 g/mol. The Hall–Kier alpha value is -2.23. The quantitative estimate of drug-likeness (QED) is 0.680. The van der Waals surface area contributed by atoms with Gasteiger partial charge in [-0.1, -0.05) is 12.1 Å². The topological polar surface area (TPSA) is 57.5 Å². The van der Waals surface area contributed by atoms with Gasteiger partial charge in [0, 0.05) is 18.0 Å². The number of methoxy groups -OCH3 is 1. The third-order valence-electron chi connectivity index (χ3n) is 4.72. The van der Waals surface area contributed by atoms with Crippen molar-refractivity contribution in [1.29, 1.82) is 0 Å². The van der Waals surface area contributed by atoms with Gasteiger partial charge in [0.1, 0.15) is 0 Å². The van der Waals surface area contributed by atoms with Crippen molar-refractivity contribution in [2.24, 2.45) is 9.98 Å². The minimum absolute atomic E-state index is 0.0782. The summed E-state index contributed by atoms with van der Waals surface area (Å²) in [7, 11) is 0.912. The van der Waals surface area contributed by atoms with Crippen molar-refractivity contribution < 1.29 is 22.7 Å². The van der Waals surface area contributed by atoms with Crippen molar-refractivity contribution in [2.75, 3.05) is 25.1 Å². The molecule has 0 amide bonds. The van der Waals surface area contributed by atoms with E-state index >= 15 is 0 Å². The summed E-state index contributed by atoms with van der Waals surface area (Å²) in [5.74, 6) is -1.44. The molecule has 0 N–H and O–H groups in total. The molecule has 0 bridgehead atoms. The van der Waals surface area contributed by atoms with E-state index in [2.05, 4.69) is 14.7 Å². The zero-order chi connectivity index (χ0) is 19.2. The lowest BCUT2D eigenvalue weighted by Gasteiger charge is -2.39. The summed E-state index contributed by atoms with van der Waals surface area (Å²) in [5, 5.41) is 0.0782. The molecule has 1 fully saturated rings. The maximum absolute atomic E-state index is 14.0. The van der Waals surface area contributed by atoms with Crippen molar-refractivity contribution in [3.05, 3.63) is 24.3 Å². The van der Waals surface area contributed by atoms with Crippen LogP contribution in [0.4, 0.5) is 18.9 Å². The third kappa shape index (κ3) is 2.77. The average molecular weight is 398 g/mol. The van der Waals surface area contributed by atoms with Gasteiger partial charge in [-0.25, -0.2) is 14.8 Å². The van der Waals surface area contributed by atoms with Crippen LogP contribution in [0.25, 0.3) is 0 Å². The minimum Gasteiger partial charge on any atom is -0.465 e. The van der Waals surface area contributed by atoms with Crippen molar-refractivity contribution in [1.82, 2.24) is 4.90 Å². The van der Waals surface area contributed by atoms with Gasteiger partial charge in [-0.05, 0) is 43.2 Å². The smallest absolute Gasteiger partial charge is 0.446 e. The third-order valence-corrected chi connectivity index (χ3v) is 5.74. The molecule has 27 heavy (non-hydrogen) atoms. The number of ether oxygens (including phenoxy) is 1. The predicted molar refractivity (Wildman–Crippen MR) is 95.9 cm³/mol. The number of para-hydroxylation sites is 1. The maximum Gasteiger partial charge on any atom is 0.446 e. The van der Waals surface area contributed by atoms with Crippen LogP contribution < -0.4 is 4.90 Å². The van der Waals surface area contributed by atoms with E-state index in [0.29, 0.717) is 18.8 Å². The Bertz CT molecular complexity index is 836. The molecule has 0 spiro atoms. The molecule has 0 aliphatic carbocycles. The number of carbonyl (C=O) groups excluding carboxylic acids is 1. The Balaban J connectivity index is 1.90. The van der Waals surface area contributed by atoms with Crippen molar-refractivity contribution in [2.45, 2.75) is 36.0 Å². The Labute approximate surface area is 158 Å². The van der Waals surface area contributed by atoms with Gasteiger partial charge in [0.15, 0.2) is 5.17 Å². The van der Waals surface area contributed by atoms with Crippen molar-refractivity contribution in [3.8, 4) is 0 Å². The first-order valence-electron chi connectivity index (χ1n) is 8.54. The normalized spacial score (nSPS) is 24.7. The number of rotatable bonds is 1. The number of aliphatic imine (C=N–C) groups is 2. The van der Waals surface area contributed by atoms with Crippen LogP contribution in [0.1, 0.15) is 19.3 Å². The number of alkyl halides is 3. The lowest BCUT2D eigenvalue weighted by molar-refractivity contribution is -0.201. The summed E-state index contributed by atoms with van der Waals surface area (Å²) in [6, 6.07) is 7.23. The molecule has 0 radical (unpaired) electrons. The summed E-state index contributed by atoms with van der Waals surface area (Å²) < 4.78 is 46.5. The Morgan fingerprint density at radius 1 is 1.19 bits per heavy atom. The largest absolute Gasteiger partial charge is 0.465 e. The van der Waals surface area contributed by atoms with Gasteiger partial charge in [-0.2, -0.15) is 13.2 Å². The summed E-state index contributed by atoms with van der Waals surface area (Å²) in [4.78, 5) is 24.1. The van der Waals surface area contributed by atoms with Gasteiger partial charge < -0.3 is 9.64 Å². The molecule has 4 rings (SSSR count). The molecule has 6 nitrogen and oxygen atoms in total. The number of amidine groups is 1. The SMILES string of the molecule is COC(=O)C1(C(F)(F)F)N=C2Sc3ccccc3N2C(N2CCCCC2)=N1. The number of piperidine rings is 1. The number of guanidine groups is 1. The molecule has 1 aromatic rings. The van der Waals surface area contributed by atoms with E-state index in [1.165, 1.54) is 0 Å². The molecule has 3 aliphatic rings. The second-order valence-corrected chi connectivity index (χ2v) is 7.43. The number of hydrogen-bond acceptors (Lipinski definition) is 7. The van der Waals surface area contributed by atoms with E-state index in [1.807, 2.05) is 18.2 Å². The highest BCUT2D eigenvalue weighted by Gasteiger charge is 2.66. The maximum atomic E-state index is 14.0. The van der Waals surface area contributed by atoms with Crippen LogP contribution in [-0.2, 0) is 9.53 Å². The molecule has 1 saturated heterocycles. The number of carbonyl (C=O) groups is 1. The van der Waals surface area contributed by atoms with Gasteiger partial charge in [0.05, 0.1) is 12.8 Å². The zero-order valence-corrected chi connectivity index (χ0v) is 15.3.